The highest BCUT2D eigenvalue weighted by atomic mass is 32.1. The number of hydrogen-bond acceptors (Lipinski definition) is 4. The van der Waals surface area contributed by atoms with Crippen molar-refractivity contribution in [2.45, 2.75) is 60.5 Å². The summed E-state index contributed by atoms with van der Waals surface area (Å²) in [7, 11) is 0. The van der Waals surface area contributed by atoms with Gasteiger partial charge in [-0.25, -0.2) is 15.0 Å². The number of thiophene rings is 3. The maximum Gasteiger partial charge on any atom is 0.263 e. The largest absolute Gasteiger partial charge is 0.337 e. The molecular formula is C30H29N5S3. The first-order chi connectivity index (χ1) is 18.3. The molecule has 5 aromatic rings. The first-order valence-electron chi connectivity index (χ1n) is 12.9. The summed E-state index contributed by atoms with van der Waals surface area (Å²) in [5.74, 6) is 1.06. The molecule has 0 saturated carbocycles. The van der Waals surface area contributed by atoms with Gasteiger partial charge in [0.1, 0.15) is 0 Å². The number of hydrogen-bond donors (Lipinski definition) is 0. The zero-order chi connectivity index (χ0) is 27.1. The Morgan fingerprint density at radius 2 is 1.37 bits per heavy atom. The Morgan fingerprint density at radius 1 is 0.868 bits per heavy atom. The van der Waals surface area contributed by atoms with Gasteiger partial charge in [-0.1, -0.05) is 40.5 Å². The first kappa shape index (κ1) is 26.3. The molecule has 0 aliphatic heterocycles. The number of nitriles is 1. The molecule has 2 atom stereocenters. The van der Waals surface area contributed by atoms with E-state index in [0.717, 1.165) is 35.7 Å². The molecule has 0 saturated heterocycles. The first-order valence-corrected chi connectivity index (χ1v) is 15.3. The van der Waals surface area contributed by atoms with Crippen LogP contribution in [-0.4, -0.2) is 9.13 Å². The molecule has 0 fully saturated rings. The van der Waals surface area contributed by atoms with Crippen molar-refractivity contribution >= 4 is 87.0 Å². The molecule has 38 heavy (non-hydrogen) atoms. The molecule has 8 heteroatoms. The van der Waals surface area contributed by atoms with Gasteiger partial charge in [0, 0.05) is 22.8 Å². The molecule has 0 aliphatic carbocycles. The minimum Gasteiger partial charge on any atom is -0.337 e. The third-order valence-electron chi connectivity index (χ3n) is 7.28. The Kier molecular flexibility index (Phi) is 7.21. The zero-order valence-corrected chi connectivity index (χ0v) is 24.7. The van der Waals surface area contributed by atoms with E-state index in [1.165, 1.54) is 40.9 Å². The van der Waals surface area contributed by atoms with Gasteiger partial charge in [-0.2, -0.15) is 0 Å². The fourth-order valence-corrected chi connectivity index (χ4v) is 8.70. The zero-order valence-electron chi connectivity index (χ0n) is 22.3. The lowest BCUT2D eigenvalue weighted by atomic mass is 10.1. The van der Waals surface area contributed by atoms with E-state index < -0.39 is 0 Å². The van der Waals surface area contributed by atoms with Crippen molar-refractivity contribution in [3.63, 3.8) is 0 Å². The minimum atomic E-state index is 0.116. The van der Waals surface area contributed by atoms with Crippen LogP contribution < -0.4 is 0 Å². The Balaban J connectivity index is 1.86. The summed E-state index contributed by atoms with van der Waals surface area (Å²) >= 11 is 5.32. The Bertz CT molecular complexity index is 1860. The number of nitrogens with zero attached hydrogens (tertiary/aromatic N) is 5. The Hall–Kier alpha value is -3.35. The van der Waals surface area contributed by atoms with Gasteiger partial charge in [-0.3, -0.25) is 0 Å². The minimum absolute atomic E-state index is 0.116. The standard InChI is InChI=1S/C30H29N5S3/c1-8-17(3)15-34-23-12-21(10-19(5)32-6)36-27(23)29-25(34)26-30(38-29)28-24(35(26)16-18(4)9-2)13-22(37-28)11-20(14-31)33-7/h10-13,17-18H,8-9,15-16H2,1-5H3/b19-10-,20-11+. The molecule has 0 N–H and O–H groups in total. The molecule has 5 rings (SSSR count). The smallest absolute Gasteiger partial charge is 0.263 e. The molecule has 0 aromatic carbocycles. The van der Waals surface area contributed by atoms with Crippen LogP contribution in [0, 0.1) is 36.3 Å². The molecule has 0 bridgehead atoms. The molecular weight excluding hydrogens is 527 g/mol. The molecule has 5 heterocycles. The number of fused-ring (bicyclic) bond motifs is 7. The van der Waals surface area contributed by atoms with E-state index in [4.69, 9.17) is 13.1 Å². The van der Waals surface area contributed by atoms with Gasteiger partial charge in [0.15, 0.2) is 5.70 Å². The van der Waals surface area contributed by atoms with E-state index in [1.54, 1.807) is 28.7 Å². The van der Waals surface area contributed by atoms with Crippen LogP contribution in [0.5, 0.6) is 0 Å². The molecule has 0 amide bonds. The summed E-state index contributed by atoms with van der Waals surface area (Å²) in [6, 6.07) is 6.42. The van der Waals surface area contributed by atoms with Gasteiger partial charge in [0.2, 0.25) is 0 Å². The molecule has 192 valence electrons. The molecule has 0 radical (unpaired) electrons. The van der Waals surface area contributed by atoms with Gasteiger partial charge in [-0.15, -0.1) is 34.0 Å². The highest BCUT2D eigenvalue weighted by molar-refractivity contribution is 7.34. The Morgan fingerprint density at radius 3 is 1.79 bits per heavy atom. The van der Waals surface area contributed by atoms with Gasteiger partial charge in [0.05, 0.1) is 60.1 Å². The van der Waals surface area contributed by atoms with Crippen molar-refractivity contribution in [1.29, 1.82) is 5.26 Å². The maximum absolute atomic E-state index is 9.30. The van der Waals surface area contributed by atoms with E-state index in [1.807, 2.05) is 30.4 Å². The second kappa shape index (κ2) is 10.4. The molecule has 0 spiro atoms. The summed E-state index contributed by atoms with van der Waals surface area (Å²) in [4.78, 5) is 9.04. The lowest BCUT2D eigenvalue weighted by molar-refractivity contribution is 0.480. The van der Waals surface area contributed by atoms with Crippen LogP contribution >= 0.6 is 34.0 Å². The van der Waals surface area contributed by atoms with E-state index in [9.17, 15) is 5.26 Å². The molecule has 5 aromatic heterocycles. The highest BCUT2D eigenvalue weighted by Crippen LogP contribution is 2.49. The van der Waals surface area contributed by atoms with Crippen molar-refractivity contribution in [2.24, 2.45) is 11.8 Å². The second-order valence-corrected chi connectivity index (χ2v) is 13.3. The summed E-state index contributed by atoms with van der Waals surface area (Å²) in [6.45, 7) is 27.5. The van der Waals surface area contributed by atoms with Crippen LogP contribution in [-0.2, 0) is 13.1 Å². The van der Waals surface area contributed by atoms with Crippen molar-refractivity contribution in [3.8, 4) is 6.07 Å². The lowest BCUT2D eigenvalue weighted by Crippen LogP contribution is -2.09. The maximum atomic E-state index is 9.30. The SMILES string of the molecule is [C-]#[N+]/C(C)=C\c1cc2c(s1)c1sc3c4sc(/C=C(\C#N)[N+]#[C-])cc4n(CC(C)CC)c3c1n2CC(C)CC. The van der Waals surface area contributed by atoms with Gasteiger partial charge >= 0.3 is 0 Å². The summed E-state index contributed by atoms with van der Waals surface area (Å²) in [6.07, 6.45) is 5.92. The van der Waals surface area contributed by atoms with Gasteiger partial charge in [-0.05, 0) is 43.0 Å². The van der Waals surface area contributed by atoms with Crippen molar-refractivity contribution < 1.29 is 0 Å². The highest BCUT2D eigenvalue weighted by Gasteiger charge is 2.26. The van der Waals surface area contributed by atoms with Crippen LogP contribution in [0.15, 0.2) is 23.5 Å². The monoisotopic (exact) mass is 555 g/mol. The fourth-order valence-electron chi connectivity index (χ4n) is 4.85. The van der Waals surface area contributed by atoms with Crippen LogP contribution in [0.25, 0.3) is 62.7 Å². The van der Waals surface area contributed by atoms with E-state index in [-0.39, 0.29) is 5.70 Å². The van der Waals surface area contributed by atoms with Gasteiger partial charge in [0.25, 0.3) is 5.70 Å². The predicted molar refractivity (Wildman–Crippen MR) is 165 cm³/mol. The average Bonchev–Trinajstić information content (AvgIpc) is 3.69. The normalized spacial score (nSPS) is 14.4. The van der Waals surface area contributed by atoms with Crippen LogP contribution in [0.1, 0.15) is 57.2 Å². The quantitative estimate of drug-likeness (QED) is 0.139. The second-order valence-electron chi connectivity index (χ2n) is 10.1. The number of allylic oxidation sites excluding steroid dienone is 2. The summed E-state index contributed by atoms with van der Waals surface area (Å²) < 4.78 is 10.2. The fraction of sp³-hybridized carbons (Fsp3) is 0.367. The van der Waals surface area contributed by atoms with Gasteiger partial charge < -0.3 is 9.13 Å². The van der Waals surface area contributed by atoms with Crippen molar-refractivity contribution in [2.75, 3.05) is 0 Å². The predicted octanol–water partition coefficient (Wildman–Crippen LogP) is 10.2. The van der Waals surface area contributed by atoms with Crippen LogP contribution in [0.2, 0.25) is 0 Å². The topological polar surface area (TPSA) is 42.4 Å². The third-order valence-corrected chi connectivity index (χ3v) is 10.9. The van der Waals surface area contributed by atoms with E-state index in [0.29, 0.717) is 17.5 Å². The van der Waals surface area contributed by atoms with E-state index >= 15 is 0 Å². The summed E-state index contributed by atoms with van der Waals surface area (Å²) in [5.41, 5.74) is 5.92. The molecule has 5 nitrogen and oxygen atoms in total. The summed E-state index contributed by atoms with van der Waals surface area (Å²) in [5, 5.41) is 9.30. The van der Waals surface area contributed by atoms with Crippen LogP contribution in [0.3, 0.4) is 0 Å². The third kappa shape index (κ3) is 4.36. The number of aromatic nitrogens is 2. The lowest BCUT2D eigenvalue weighted by Gasteiger charge is -2.15. The van der Waals surface area contributed by atoms with Crippen molar-refractivity contribution in [1.82, 2.24) is 9.13 Å². The van der Waals surface area contributed by atoms with Crippen LogP contribution in [0.4, 0.5) is 0 Å². The molecule has 0 aliphatic rings. The Labute approximate surface area is 235 Å². The van der Waals surface area contributed by atoms with Crippen molar-refractivity contribution in [3.05, 3.63) is 56.1 Å². The number of rotatable bonds is 8. The van der Waals surface area contributed by atoms with E-state index in [2.05, 4.69) is 58.7 Å². The average molecular weight is 556 g/mol. The molecule has 2 unspecified atom stereocenters.